The van der Waals surface area contributed by atoms with E-state index in [-0.39, 0.29) is 17.9 Å². The van der Waals surface area contributed by atoms with Gasteiger partial charge in [-0.05, 0) is 36.2 Å². The molecule has 2 aromatic carbocycles. The number of hydrogen-bond acceptors (Lipinski definition) is 6. The molecule has 3 aromatic rings. The molecule has 1 aliphatic rings. The number of aryl methyl sites for hydroxylation is 1. The lowest BCUT2D eigenvalue weighted by Gasteiger charge is -2.33. The van der Waals surface area contributed by atoms with Gasteiger partial charge < -0.3 is 10.1 Å². The molecule has 0 amide bonds. The molecule has 33 heavy (non-hydrogen) atoms. The number of sulfonamides is 1. The van der Waals surface area contributed by atoms with Crippen LogP contribution in [0.1, 0.15) is 24.7 Å². The highest BCUT2D eigenvalue weighted by atomic mass is 32.2. The average Bonchev–Trinajstić information content (AvgIpc) is 3.24. The minimum Gasteiger partial charge on any atom is -0.509 e. The average molecular weight is 466 g/mol. The Labute approximate surface area is 193 Å². The van der Waals surface area contributed by atoms with Crippen molar-refractivity contribution in [2.45, 2.75) is 24.7 Å². The van der Waals surface area contributed by atoms with Gasteiger partial charge in [-0.3, -0.25) is 4.90 Å². The first-order valence-corrected chi connectivity index (χ1v) is 12.4. The van der Waals surface area contributed by atoms with Gasteiger partial charge in [-0.1, -0.05) is 37.6 Å². The summed E-state index contributed by atoms with van der Waals surface area (Å²) in [4.78, 5) is 9.69. The second-order valence-electron chi connectivity index (χ2n) is 8.11. The summed E-state index contributed by atoms with van der Waals surface area (Å²) in [6, 6.07) is 16.5. The maximum atomic E-state index is 13.0. The van der Waals surface area contributed by atoms with Crippen molar-refractivity contribution in [2.75, 3.05) is 32.7 Å². The number of para-hydroxylation sites is 2. The van der Waals surface area contributed by atoms with Crippen LogP contribution < -0.4 is 0 Å². The van der Waals surface area contributed by atoms with Crippen LogP contribution in [-0.4, -0.2) is 65.4 Å². The highest BCUT2D eigenvalue weighted by Crippen LogP contribution is 2.21. The van der Waals surface area contributed by atoms with Crippen LogP contribution >= 0.6 is 0 Å². The predicted molar refractivity (Wildman–Crippen MR) is 127 cm³/mol. The third-order valence-corrected chi connectivity index (χ3v) is 7.74. The van der Waals surface area contributed by atoms with Crippen molar-refractivity contribution in [3.8, 4) is 6.07 Å². The monoisotopic (exact) mass is 465 g/mol. The van der Waals surface area contributed by atoms with E-state index in [1.807, 2.05) is 47.4 Å². The highest BCUT2D eigenvalue weighted by molar-refractivity contribution is 7.89. The number of hydrogen-bond donors (Lipinski definition) is 2. The van der Waals surface area contributed by atoms with Crippen molar-refractivity contribution < 1.29 is 13.5 Å². The van der Waals surface area contributed by atoms with E-state index < -0.39 is 10.0 Å². The van der Waals surface area contributed by atoms with Gasteiger partial charge in [0.1, 0.15) is 17.4 Å². The zero-order valence-electron chi connectivity index (χ0n) is 18.5. The molecule has 1 aliphatic heterocycles. The summed E-state index contributed by atoms with van der Waals surface area (Å²) in [5.74, 6) is 0.239. The lowest BCUT2D eigenvalue weighted by molar-refractivity contribution is 0.182. The zero-order chi connectivity index (χ0) is 23.4. The van der Waals surface area contributed by atoms with Crippen molar-refractivity contribution in [1.82, 2.24) is 19.2 Å². The Kier molecular flexibility index (Phi) is 6.79. The van der Waals surface area contributed by atoms with Gasteiger partial charge in [0.2, 0.25) is 10.0 Å². The largest absolute Gasteiger partial charge is 0.509 e. The number of aromatic nitrogens is 2. The topological polar surface area (TPSA) is 113 Å². The Morgan fingerprint density at radius 3 is 2.45 bits per heavy atom. The fourth-order valence-corrected chi connectivity index (χ4v) is 5.43. The minimum absolute atomic E-state index is 0.0839. The van der Waals surface area contributed by atoms with Crippen molar-refractivity contribution >= 4 is 26.6 Å². The van der Waals surface area contributed by atoms with Crippen LogP contribution in [0.4, 0.5) is 0 Å². The second kappa shape index (κ2) is 9.75. The van der Waals surface area contributed by atoms with Crippen LogP contribution in [0.2, 0.25) is 0 Å². The van der Waals surface area contributed by atoms with Gasteiger partial charge in [0.25, 0.3) is 0 Å². The number of piperazine rings is 1. The molecule has 2 heterocycles. The van der Waals surface area contributed by atoms with E-state index >= 15 is 0 Å². The molecule has 1 saturated heterocycles. The first-order chi connectivity index (χ1) is 15.9. The molecule has 0 bridgehead atoms. The molecule has 0 unspecified atom stereocenters. The summed E-state index contributed by atoms with van der Waals surface area (Å²) in [7, 11) is -3.56. The Balaban J connectivity index is 1.42. The lowest BCUT2D eigenvalue weighted by Crippen LogP contribution is -2.49. The first kappa shape index (κ1) is 23.0. The molecule has 4 rings (SSSR count). The van der Waals surface area contributed by atoms with Gasteiger partial charge in [-0.25, -0.2) is 13.4 Å². The number of aromatic amines is 1. The summed E-state index contributed by atoms with van der Waals surface area (Å²) in [5, 5.41) is 20.2. The molecule has 8 nitrogen and oxygen atoms in total. The smallest absolute Gasteiger partial charge is 0.243 e. The Bertz CT molecular complexity index is 1260. The molecule has 0 saturated carbocycles. The molecule has 1 fully saturated rings. The standard InChI is InChI=1S/C24H27N5O3S/c1-2-5-18-8-10-19(11-9-18)33(31,32)29-14-12-28(13-15-29)17-23(30)20(16-25)24-26-21-6-3-4-7-22(21)27-24/h3-4,6-11,30H,2,5,12-15,17H2,1H3,(H,26,27)/b23-20-. The summed E-state index contributed by atoms with van der Waals surface area (Å²) in [5.41, 5.74) is 2.72. The fourth-order valence-electron chi connectivity index (χ4n) is 4.01. The SMILES string of the molecule is CCCc1ccc(S(=O)(=O)N2CCN(C/C(O)=C(\C#N)c3nc4ccccc4[nH]3)CC2)cc1. The van der Waals surface area contributed by atoms with Crippen LogP contribution in [0.3, 0.4) is 0 Å². The Hall–Kier alpha value is -3.19. The van der Waals surface area contributed by atoms with Gasteiger partial charge in [0.15, 0.2) is 5.82 Å². The van der Waals surface area contributed by atoms with Crippen LogP contribution in [0.15, 0.2) is 59.2 Å². The summed E-state index contributed by atoms with van der Waals surface area (Å²) < 4.78 is 27.5. The Morgan fingerprint density at radius 2 is 1.82 bits per heavy atom. The maximum absolute atomic E-state index is 13.0. The van der Waals surface area contributed by atoms with E-state index in [9.17, 15) is 18.8 Å². The van der Waals surface area contributed by atoms with E-state index in [1.54, 1.807) is 12.1 Å². The van der Waals surface area contributed by atoms with E-state index in [0.29, 0.717) is 36.9 Å². The van der Waals surface area contributed by atoms with Crippen LogP contribution in [0, 0.1) is 11.3 Å². The highest BCUT2D eigenvalue weighted by Gasteiger charge is 2.29. The van der Waals surface area contributed by atoms with Gasteiger partial charge in [-0.15, -0.1) is 0 Å². The number of H-pyrrole nitrogens is 1. The number of benzene rings is 2. The number of aliphatic hydroxyl groups excluding tert-OH is 1. The van der Waals surface area contributed by atoms with Crippen molar-refractivity contribution in [2.24, 2.45) is 0 Å². The van der Waals surface area contributed by atoms with Crippen LogP contribution in [0.25, 0.3) is 16.6 Å². The van der Waals surface area contributed by atoms with Crippen LogP contribution in [-0.2, 0) is 16.4 Å². The molecule has 0 atom stereocenters. The fraction of sp³-hybridized carbons (Fsp3) is 0.333. The summed E-state index contributed by atoms with van der Waals surface area (Å²) in [6.07, 6.45) is 1.94. The third kappa shape index (κ3) is 4.93. The van der Waals surface area contributed by atoms with Crippen molar-refractivity contribution in [3.05, 3.63) is 65.7 Å². The summed E-state index contributed by atoms with van der Waals surface area (Å²) >= 11 is 0. The molecule has 2 N–H and O–H groups in total. The van der Waals surface area contributed by atoms with Gasteiger partial charge in [0.05, 0.1) is 22.5 Å². The quantitative estimate of drug-likeness (QED) is 0.409. The second-order valence-corrected chi connectivity index (χ2v) is 10.0. The molecular formula is C24H27N5O3S. The minimum atomic E-state index is -3.56. The summed E-state index contributed by atoms with van der Waals surface area (Å²) in [6.45, 7) is 3.79. The maximum Gasteiger partial charge on any atom is 0.243 e. The zero-order valence-corrected chi connectivity index (χ0v) is 19.3. The van der Waals surface area contributed by atoms with Gasteiger partial charge in [-0.2, -0.15) is 9.57 Å². The predicted octanol–water partition coefficient (Wildman–Crippen LogP) is 3.31. The molecular weight excluding hydrogens is 438 g/mol. The molecule has 9 heteroatoms. The molecule has 0 aliphatic carbocycles. The van der Waals surface area contributed by atoms with Gasteiger partial charge >= 0.3 is 0 Å². The van der Waals surface area contributed by atoms with E-state index in [1.165, 1.54) is 4.31 Å². The van der Waals surface area contributed by atoms with E-state index in [4.69, 9.17) is 0 Å². The molecule has 1 aromatic heterocycles. The normalized spacial score (nSPS) is 16.5. The molecule has 0 radical (unpaired) electrons. The van der Waals surface area contributed by atoms with Crippen LogP contribution in [0.5, 0.6) is 0 Å². The lowest BCUT2D eigenvalue weighted by atomic mass is 10.1. The first-order valence-electron chi connectivity index (χ1n) is 11.0. The molecule has 0 spiro atoms. The van der Waals surface area contributed by atoms with Crippen molar-refractivity contribution in [1.29, 1.82) is 5.26 Å². The molecule has 172 valence electrons. The number of allylic oxidation sites excluding steroid dienone is 1. The number of rotatable bonds is 7. The number of nitrogens with one attached hydrogen (secondary N) is 1. The third-order valence-electron chi connectivity index (χ3n) is 5.83. The van der Waals surface area contributed by atoms with Gasteiger partial charge in [0, 0.05) is 26.2 Å². The number of aliphatic hydroxyl groups is 1. The number of fused-ring (bicyclic) bond motifs is 1. The van der Waals surface area contributed by atoms with E-state index in [2.05, 4.69) is 16.9 Å². The van der Waals surface area contributed by atoms with Crippen molar-refractivity contribution in [3.63, 3.8) is 0 Å². The number of nitrogens with zero attached hydrogens (tertiary/aromatic N) is 4. The Morgan fingerprint density at radius 1 is 1.12 bits per heavy atom. The number of imidazole rings is 1. The van der Waals surface area contributed by atoms with E-state index in [0.717, 1.165) is 29.4 Å². The number of nitriles is 1.